The van der Waals surface area contributed by atoms with Crippen molar-refractivity contribution in [1.82, 2.24) is 14.9 Å². The molecule has 4 aromatic rings. The average molecular weight is 456 g/mol. The Morgan fingerprint density at radius 1 is 0.909 bits per heavy atom. The summed E-state index contributed by atoms with van der Waals surface area (Å²) in [7, 11) is 4.07. The standard InChI is InChI=1S/C26H25N5OS/c1-29(2)18-8-10-19(11-9-18)30-17-5-7-23(30)25-24(22-6-3-4-16-27-22)28-26(33)31(25)20-12-14-21(32)15-13-20/h3-17,24-25,32H,1-2H3,(H,28,33)/t24-,25+/m1/s1. The molecule has 2 N–H and O–H groups in total. The largest absolute Gasteiger partial charge is 0.508 e. The van der Waals surface area contributed by atoms with Gasteiger partial charge in [-0.15, -0.1) is 0 Å². The van der Waals surface area contributed by atoms with Crippen molar-refractivity contribution >= 4 is 28.7 Å². The third kappa shape index (κ3) is 3.91. The number of nitrogens with one attached hydrogen (secondary N) is 1. The van der Waals surface area contributed by atoms with Crippen LogP contribution in [0.4, 0.5) is 11.4 Å². The van der Waals surface area contributed by atoms with Gasteiger partial charge in [0.2, 0.25) is 0 Å². The number of phenols is 1. The minimum atomic E-state index is -0.138. The van der Waals surface area contributed by atoms with Crippen LogP contribution in [0, 0.1) is 0 Å². The number of nitrogens with zero attached hydrogens (tertiary/aromatic N) is 4. The molecule has 1 fully saturated rings. The van der Waals surface area contributed by atoms with Crippen molar-refractivity contribution in [3.05, 3.63) is 103 Å². The van der Waals surface area contributed by atoms with Gasteiger partial charge in [0, 0.05) is 49.2 Å². The van der Waals surface area contributed by atoms with E-state index < -0.39 is 0 Å². The van der Waals surface area contributed by atoms with Gasteiger partial charge in [-0.05, 0) is 85.0 Å². The fourth-order valence-electron chi connectivity index (χ4n) is 4.33. The molecule has 3 heterocycles. The van der Waals surface area contributed by atoms with E-state index >= 15 is 0 Å². The van der Waals surface area contributed by atoms with Crippen LogP contribution in [0.2, 0.25) is 0 Å². The highest BCUT2D eigenvalue weighted by Gasteiger charge is 2.42. The normalized spacial score (nSPS) is 17.8. The second-order valence-electron chi connectivity index (χ2n) is 8.23. The zero-order valence-electron chi connectivity index (χ0n) is 18.5. The number of hydrogen-bond acceptors (Lipinski definition) is 4. The molecule has 0 amide bonds. The van der Waals surface area contributed by atoms with Gasteiger partial charge in [0.05, 0.1) is 11.7 Å². The smallest absolute Gasteiger partial charge is 0.174 e. The van der Waals surface area contributed by atoms with E-state index in [1.807, 2.05) is 44.4 Å². The Morgan fingerprint density at radius 3 is 2.30 bits per heavy atom. The number of hydrogen-bond donors (Lipinski definition) is 2. The Balaban J connectivity index is 1.63. The van der Waals surface area contributed by atoms with Gasteiger partial charge < -0.3 is 24.8 Å². The monoisotopic (exact) mass is 455 g/mol. The zero-order chi connectivity index (χ0) is 22.9. The van der Waals surface area contributed by atoms with Crippen molar-refractivity contribution in [1.29, 1.82) is 0 Å². The second kappa shape index (κ2) is 8.60. The lowest BCUT2D eigenvalue weighted by atomic mass is 10.0. The first-order valence-corrected chi connectivity index (χ1v) is 11.2. The summed E-state index contributed by atoms with van der Waals surface area (Å²) in [5.74, 6) is 0.221. The molecule has 0 saturated carbocycles. The van der Waals surface area contributed by atoms with Crippen molar-refractivity contribution in [2.75, 3.05) is 23.9 Å². The number of phenolic OH excluding ortho intramolecular Hbond substituents is 1. The lowest BCUT2D eigenvalue weighted by Gasteiger charge is -2.29. The summed E-state index contributed by atoms with van der Waals surface area (Å²) in [6, 6.07) is 25.5. The van der Waals surface area contributed by atoms with E-state index in [0.29, 0.717) is 5.11 Å². The number of aromatic nitrogens is 2. The first-order valence-electron chi connectivity index (χ1n) is 10.8. The average Bonchev–Trinajstić information content (AvgIpc) is 3.44. The molecule has 7 heteroatoms. The van der Waals surface area contributed by atoms with Crippen LogP contribution in [0.1, 0.15) is 23.5 Å². The van der Waals surface area contributed by atoms with Crippen molar-refractivity contribution in [2.45, 2.75) is 12.1 Å². The van der Waals surface area contributed by atoms with Crippen molar-refractivity contribution in [2.24, 2.45) is 0 Å². The zero-order valence-corrected chi connectivity index (χ0v) is 19.3. The van der Waals surface area contributed by atoms with Crippen molar-refractivity contribution < 1.29 is 5.11 Å². The molecule has 1 aliphatic rings. The number of thiocarbonyl (C=S) groups is 1. The molecule has 166 valence electrons. The highest BCUT2D eigenvalue weighted by Crippen LogP contribution is 2.42. The van der Waals surface area contributed by atoms with Gasteiger partial charge in [-0.1, -0.05) is 6.07 Å². The summed E-state index contributed by atoms with van der Waals surface area (Å²) in [4.78, 5) is 8.82. The summed E-state index contributed by atoms with van der Waals surface area (Å²) in [5, 5.41) is 13.9. The maximum absolute atomic E-state index is 9.81. The van der Waals surface area contributed by atoms with Gasteiger partial charge >= 0.3 is 0 Å². The molecule has 0 radical (unpaired) electrons. The number of pyridine rings is 1. The van der Waals surface area contributed by atoms with Gasteiger partial charge in [-0.2, -0.15) is 0 Å². The predicted molar refractivity (Wildman–Crippen MR) is 136 cm³/mol. The molecule has 33 heavy (non-hydrogen) atoms. The minimum Gasteiger partial charge on any atom is -0.508 e. The highest BCUT2D eigenvalue weighted by molar-refractivity contribution is 7.80. The second-order valence-corrected chi connectivity index (χ2v) is 8.61. The predicted octanol–water partition coefficient (Wildman–Crippen LogP) is 4.82. The Morgan fingerprint density at radius 2 is 1.64 bits per heavy atom. The summed E-state index contributed by atoms with van der Waals surface area (Å²) >= 11 is 5.80. The number of aromatic hydroxyl groups is 1. The van der Waals surface area contributed by atoms with Crippen LogP contribution in [0.5, 0.6) is 5.75 Å². The molecule has 1 saturated heterocycles. The highest BCUT2D eigenvalue weighted by atomic mass is 32.1. The maximum atomic E-state index is 9.81. The lowest BCUT2D eigenvalue weighted by molar-refractivity contribution is 0.475. The van der Waals surface area contributed by atoms with Gasteiger partial charge in [0.25, 0.3) is 0 Å². The van der Waals surface area contributed by atoms with E-state index in [9.17, 15) is 5.11 Å². The number of benzene rings is 2. The molecule has 0 bridgehead atoms. The van der Waals surface area contributed by atoms with E-state index in [1.165, 1.54) is 0 Å². The topological polar surface area (TPSA) is 56.6 Å². The number of anilines is 2. The molecular weight excluding hydrogens is 430 g/mol. The summed E-state index contributed by atoms with van der Waals surface area (Å²) < 4.78 is 2.20. The van der Waals surface area contributed by atoms with Crippen molar-refractivity contribution in [3.8, 4) is 11.4 Å². The van der Waals surface area contributed by atoms with E-state index in [4.69, 9.17) is 12.2 Å². The molecule has 6 nitrogen and oxygen atoms in total. The lowest BCUT2D eigenvalue weighted by Crippen LogP contribution is -2.30. The molecule has 2 aromatic carbocycles. The first-order chi connectivity index (χ1) is 16.0. The Hall–Kier alpha value is -3.84. The van der Waals surface area contributed by atoms with Gasteiger partial charge in [-0.3, -0.25) is 4.98 Å². The molecule has 2 aromatic heterocycles. The SMILES string of the molecule is CN(C)c1ccc(-n2cccc2[C@H]2[C@@H](c3ccccn3)NC(=S)N2c2ccc(O)cc2)cc1. The van der Waals surface area contributed by atoms with Crippen LogP contribution >= 0.6 is 12.2 Å². The van der Waals surface area contributed by atoms with Gasteiger partial charge in [0.1, 0.15) is 11.8 Å². The fourth-order valence-corrected chi connectivity index (χ4v) is 4.67. The van der Waals surface area contributed by atoms with Crippen LogP contribution in [-0.2, 0) is 0 Å². The van der Waals surface area contributed by atoms with Crippen LogP contribution in [0.25, 0.3) is 5.69 Å². The maximum Gasteiger partial charge on any atom is 0.174 e. The summed E-state index contributed by atoms with van der Waals surface area (Å²) in [6.07, 6.45) is 3.88. The summed E-state index contributed by atoms with van der Waals surface area (Å²) in [6.45, 7) is 0. The van der Waals surface area contributed by atoms with E-state index in [1.54, 1.807) is 18.3 Å². The van der Waals surface area contributed by atoms with Crippen LogP contribution in [0.3, 0.4) is 0 Å². The van der Waals surface area contributed by atoms with Crippen LogP contribution < -0.4 is 15.1 Å². The third-order valence-corrected chi connectivity index (χ3v) is 6.27. The quantitative estimate of drug-likeness (QED) is 0.421. The van der Waals surface area contributed by atoms with Crippen molar-refractivity contribution in [3.63, 3.8) is 0 Å². The number of rotatable bonds is 5. The van der Waals surface area contributed by atoms with E-state index in [-0.39, 0.29) is 17.8 Å². The van der Waals surface area contributed by atoms with E-state index in [2.05, 4.69) is 67.3 Å². The van der Waals surface area contributed by atoms with Crippen LogP contribution in [0.15, 0.2) is 91.3 Å². The first kappa shape index (κ1) is 21.0. The molecule has 0 spiro atoms. The molecular formula is C26H25N5OS. The molecule has 0 unspecified atom stereocenters. The molecule has 0 aliphatic carbocycles. The Bertz CT molecular complexity index is 1250. The molecule has 5 rings (SSSR count). The van der Waals surface area contributed by atoms with Crippen LogP contribution in [-0.4, -0.2) is 33.9 Å². The Labute approximate surface area is 198 Å². The molecule has 2 atom stereocenters. The van der Waals surface area contributed by atoms with Gasteiger partial charge in [-0.25, -0.2) is 0 Å². The Kier molecular flexibility index (Phi) is 5.48. The fraction of sp³-hybridized carbons (Fsp3) is 0.154. The molecule has 1 aliphatic heterocycles. The third-order valence-electron chi connectivity index (χ3n) is 5.95. The van der Waals surface area contributed by atoms with Gasteiger partial charge in [0.15, 0.2) is 5.11 Å². The minimum absolute atomic E-state index is 0.137. The summed E-state index contributed by atoms with van der Waals surface area (Å²) in [5.41, 5.74) is 5.13. The van der Waals surface area contributed by atoms with E-state index in [0.717, 1.165) is 28.5 Å².